The van der Waals surface area contributed by atoms with Gasteiger partial charge in [-0.1, -0.05) is 30.3 Å². The van der Waals surface area contributed by atoms with Crippen molar-refractivity contribution in [2.24, 2.45) is 5.73 Å². The van der Waals surface area contributed by atoms with Crippen LogP contribution in [0.5, 0.6) is 0 Å². The minimum absolute atomic E-state index is 0.277. The molecule has 0 bridgehead atoms. The minimum atomic E-state index is -1.58. The van der Waals surface area contributed by atoms with E-state index in [9.17, 15) is 14.7 Å². The highest BCUT2D eigenvalue weighted by Crippen LogP contribution is 2.01. The molecule has 0 aliphatic rings. The molecule has 0 aromatic heterocycles. The van der Waals surface area contributed by atoms with Gasteiger partial charge in [0.25, 0.3) is 0 Å². The molecule has 0 heterocycles. The molecule has 2 N–H and O–H groups in total. The molecule has 0 amide bonds. The van der Waals surface area contributed by atoms with Gasteiger partial charge in [0.05, 0.1) is 5.97 Å². The Bertz CT molecular complexity index is 321. The average Bonchev–Trinajstić information content (AvgIpc) is 2.17. The molecule has 0 saturated carbocycles. The molecule has 0 fully saturated rings. The number of carboxylic acids is 1. The molecule has 13 heavy (non-hydrogen) atoms. The van der Waals surface area contributed by atoms with Gasteiger partial charge in [0.15, 0.2) is 5.78 Å². The van der Waals surface area contributed by atoms with Crippen molar-refractivity contribution in [1.29, 1.82) is 0 Å². The third-order valence-electron chi connectivity index (χ3n) is 1.59. The summed E-state index contributed by atoms with van der Waals surface area (Å²) in [5, 5.41) is 10.3. The van der Waals surface area contributed by atoms with Crippen LogP contribution in [0.25, 0.3) is 0 Å². The van der Waals surface area contributed by atoms with E-state index in [-0.39, 0.29) is 5.56 Å². The second kappa shape index (κ2) is 3.82. The van der Waals surface area contributed by atoms with E-state index in [2.05, 4.69) is 0 Å². The summed E-state index contributed by atoms with van der Waals surface area (Å²) in [6, 6.07) is 6.42. The number of hydrogen-bond acceptors (Lipinski definition) is 4. The number of benzene rings is 1. The lowest BCUT2D eigenvalue weighted by Crippen LogP contribution is -2.47. The number of ketones is 1. The molecule has 4 nitrogen and oxygen atoms in total. The maximum atomic E-state index is 11.2. The molecule has 0 spiro atoms. The Kier molecular flexibility index (Phi) is 2.76. The van der Waals surface area contributed by atoms with Crippen molar-refractivity contribution in [3.05, 3.63) is 35.9 Å². The fraction of sp³-hybridized carbons (Fsp3) is 0.111. The summed E-state index contributed by atoms with van der Waals surface area (Å²) in [5.41, 5.74) is 5.36. The zero-order valence-corrected chi connectivity index (χ0v) is 6.77. The van der Waals surface area contributed by atoms with Gasteiger partial charge in [-0.2, -0.15) is 0 Å². The maximum Gasteiger partial charge on any atom is 0.185 e. The van der Waals surface area contributed by atoms with Crippen molar-refractivity contribution < 1.29 is 14.7 Å². The molecule has 0 radical (unpaired) electrons. The van der Waals surface area contributed by atoms with E-state index in [1.54, 1.807) is 18.2 Å². The standard InChI is InChI=1S/C9H9NO3/c10-7(9(12)13)8(11)6-4-2-1-3-5-6/h1-5,7H,10H2,(H,12,13)/p-1. The van der Waals surface area contributed by atoms with Gasteiger partial charge in [-0.15, -0.1) is 0 Å². The molecule has 68 valence electrons. The Morgan fingerprint density at radius 1 is 1.23 bits per heavy atom. The summed E-state index contributed by atoms with van der Waals surface area (Å²) in [6.07, 6.45) is 0. The van der Waals surface area contributed by atoms with Crippen molar-refractivity contribution in [3.8, 4) is 0 Å². The lowest BCUT2D eigenvalue weighted by atomic mass is 10.1. The number of Topliss-reactive ketones (excluding diaryl/α,β-unsaturated/α-hetero) is 1. The number of hydrogen-bond donors (Lipinski definition) is 1. The predicted octanol–water partition coefficient (Wildman–Crippen LogP) is -1.05. The number of aliphatic carboxylic acids is 1. The number of carboxylic acid groups (broad SMARTS) is 1. The molecular formula is C9H8NO3-. The molecule has 1 unspecified atom stereocenters. The second-order valence-corrected chi connectivity index (χ2v) is 2.53. The van der Waals surface area contributed by atoms with E-state index < -0.39 is 17.8 Å². The van der Waals surface area contributed by atoms with E-state index >= 15 is 0 Å². The molecule has 1 rings (SSSR count). The molecule has 0 saturated heterocycles. The van der Waals surface area contributed by atoms with Crippen LogP contribution in [0.4, 0.5) is 0 Å². The summed E-state index contributed by atoms with van der Waals surface area (Å²) < 4.78 is 0. The first-order valence-corrected chi connectivity index (χ1v) is 3.68. The summed E-state index contributed by atoms with van der Waals surface area (Å²) in [4.78, 5) is 21.5. The highest BCUT2D eigenvalue weighted by atomic mass is 16.4. The maximum absolute atomic E-state index is 11.2. The van der Waals surface area contributed by atoms with E-state index in [1.165, 1.54) is 12.1 Å². The van der Waals surface area contributed by atoms with Crippen molar-refractivity contribution in [2.45, 2.75) is 6.04 Å². The van der Waals surface area contributed by atoms with Crippen molar-refractivity contribution in [3.63, 3.8) is 0 Å². The minimum Gasteiger partial charge on any atom is -0.548 e. The third-order valence-corrected chi connectivity index (χ3v) is 1.59. The number of nitrogens with two attached hydrogens (primary N) is 1. The molecule has 1 aromatic rings. The van der Waals surface area contributed by atoms with Gasteiger partial charge in [-0.05, 0) is 0 Å². The molecule has 1 aromatic carbocycles. The lowest BCUT2D eigenvalue weighted by Gasteiger charge is -2.10. The quantitative estimate of drug-likeness (QED) is 0.472. The third kappa shape index (κ3) is 2.13. The predicted molar refractivity (Wildman–Crippen MR) is 43.8 cm³/mol. The van der Waals surface area contributed by atoms with Gasteiger partial charge in [0.2, 0.25) is 0 Å². The number of carbonyl (C=O) groups is 2. The van der Waals surface area contributed by atoms with Gasteiger partial charge in [0.1, 0.15) is 6.04 Å². The van der Waals surface area contributed by atoms with Crippen LogP contribution in [-0.4, -0.2) is 17.8 Å². The highest BCUT2D eigenvalue weighted by molar-refractivity contribution is 6.10. The molecule has 1 atom stereocenters. The number of carbonyl (C=O) groups excluding carboxylic acids is 2. The van der Waals surface area contributed by atoms with Crippen LogP contribution in [0.1, 0.15) is 10.4 Å². The summed E-state index contributed by atoms with van der Waals surface area (Å²) >= 11 is 0. The summed E-state index contributed by atoms with van der Waals surface area (Å²) in [5.74, 6) is -2.20. The van der Waals surface area contributed by atoms with Crippen molar-refractivity contribution in [1.82, 2.24) is 0 Å². The molecular weight excluding hydrogens is 170 g/mol. The van der Waals surface area contributed by atoms with Crippen LogP contribution in [-0.2, 0) is 4.79 Å². The van der Waals surface area contributed by atoms with E-state index in [1.807, 2.05) is 0 Å². The molecule has 0 aliphatic heterocycles. The zero-order chi connectivity index (χ0) is 9.84. The van der Waals surface area contributed by atoms with Gasteiger partial charge >= 0.3 is 0 Å². The van der Waals surface area contributed by atoms with E-state index in [4.69, 9.17) is 5.73 Å². The molecule has 4 heteroatoms. The lowest BCUT2D eigenvalue weighted by molar-refractivity contribution is -0.305. The average molecular weight is 178 g/mol. The topological polar surface area (TPSA) is 83.2 Å². The van der Waals surface area contributed by atoms with Crippen LogP contribution < -0.4 is 10.8 Å². The van der Waals surface area contributed by atoms with Crippen LogP contribution in [0.15, 0.2) is 30.3 Å². The van der Waals surface area contributed by atoms with Crippen LogP contribution >= 0.6 is 0 Å². The van der Waals surface area contributed by atoms with Gasteiger partial charge < -0.3 is 15.6 Å². The Balaban J connectivity index is 2.86. The zero-order valence-electron chi connectivity index (χ0n) is 6.77. The van der Waals surface area contributed by atoms with Crippen LogP contribution in [0, 0.1) is 0 Å². The summed E-state index contributed by atoms with van der Waals surface area (Å²) in [7, 11) is 0. The first-order chi connectivity index (χ1) is 6.13. The SMILES string of the molecule is NC(C(=O)[O-])C(=O)c1ccccc1. The van der Waals surface area contributed by atoms with Crippen molar-refractivity contribution in [2.75, 3.05) is 0 Å². The first kappa shape index (κ1) is 9.41. The fourth-order valence-corrected chi connectivity index (χ4v) is 0.889. The van der Waals surface area contributed by atoms with Gasteiger partial charge in [0, 0.05) is 5.56 Å². The fourth-order valence-electron chi connectivity index (χ4n) is 0.889. The smallest absolute Gasteiger partial charge is 0.185 e. The van der Waals surface area contributed by atoms with Gasteiger partial charge in [-0.25, -0.2) is 0 Å². The van der Waals surface area contributed by atoms with E-state index in [0.29, 0.717) is 0 Å². The highest BCUT2D eigenvalue weighted by Gasteiger charge is 2.15. The Morgan fingerprint density at radius 3 is 2.23 bits per heavy atom. The summed E-state index contributed by atoms with van der Waals surface area (Å²) in [6.45, 7) is 0. The second-order valence-electron chi connectivity index (χ2n) is 2.53. The Morgan fingerprint density at radius 2 is 1.77 bits per heavy atom. The normalized spacial score (nSPS) is 12.1. The van der Waals surface area contributed by atoms with Crippen LogP contribution in [0.3, 0.4) is 0 Å². The van der Waals surface area contributed by atoms with E-state index in [0.717, 1.165) is 0 Å². The van der Waals surface area contributed by atoms with Gasteiger partial charge in [-0.3, -0.25) is 4.79 Å². The Hall–Kier alpha value is -1.68. The Labute approximate surface area is 75.0 Å². The monoisotopic (exact) mass is 178 g/mol. The van der Waals surface area contributed by atoms with Crippen LogP contribution in [0.2, 0.25) is 0 Å². The molecule has 0 aliphatic carbocycles. The number of rotatable bonds is 3. The first-order valence-electron chi connectivity index (χ1n) is 3.68. The van der Waals surface area contributed by atoms with Crippen molar-refractivity contribution >= 4 is 11.8 Å². The largest absolute Gasteiger partial charge is 0.548 e.